The molecule has 2 aromatic rings. The first-order chi connectivity index (χ1) is 15.6. The maximum absolute atomic E-state index is 12.9. The molecule has 3 amide bonds. The van der Waals surface area contributed by atoms with E-state index in [-0.39, 0.29) is 30.7 Å². The highest BCUT2D eigenvalue weighted by atomic mass is 16.5. The zero-order valence-electron chi connectivity index (χ0n) is 18.3. The molecule has 0 spiro atoms. The van der Waals surface area contributed by atoms with Gasteiger partial charge in [-0.1, -0.05) is 36.4 Å². The average molecular weight is 440 g/mol. The fourth-order valence-corrected chi connectivity index (χ4v) is 4.04. The van der Waals surface area contributed by atoms with Crippen LogP contribution in [0.5, 0.6) is 11.5 Å². The van der Waals surface area contributed by atoms with Gasteiger partial charge in [0.15, 0.2) is 11.5 Å². The summed E-state index contributed by atoms with van der Waals surface area (Å²) >= 11 is 0. The molecular formula is C23H29N5O4. The number of carbonyl (C=O) groups is 2. The normalized spacial score (nSPS) is 22.8. The van der Waals surface area contributed by atoms with Crippen molar-refractivity contribution in [2.45, 2.75) is 25.4 Å². The van der Waals surface area contributed by atoms with Gasteiger partial charge < -0.3 is 14.8 Å². The van der Waals surface area contributed by atoms with E-state index in [0.717, 1.165) is 17.5 Å². The van der Waals surface area contributed by atoms with Crippen molar-refractivity contribution in [1.82, 2.24) is 26.2 Å². The molecule has 2 fully saturated rings. The Hall–Kier alpha value is -3.14. The number of amides is 3. The van der Waals surface area contributed by atoms with Crippen LogP contribution in [0.25, 0.3) is 0 Å². The fraction of sp³-hybridized carbons (Fsp3) is 0.391. The van der Waals surface area contributed by atoms with E-state index < -0.39 is 6.17 Å². The molecule has 2 aliphatic rings. The fourth-order valence-electron chi connectivity index (χ4n) is 4.04. The van der Waals surface area contributed by atoms with E-state index in [9.17, 15) is 9.59 Å². The minimum absolute atomic E-state index is 0.175. The summed E-state index contributed by atoms with van der Waals surface area (Å²) in [6, 6.07) is 15.0. The van der Waals surface area contributed by atoms with E-state index in [4.69, 9.17) is 9.47 Å². The molecular weight excluding hydrogens is 410 g/mol. The predicted octanol–water partition coefficient (Wildman–Crippen LogP) is 1.01. The number of imide groups is 1. The number of hydrogen-bond acceptors (Lipinski definition) is 7. The summed E-state index contributed by atoms with van der Waals surface area (Å²) in [6.45, 7) is 1.43. The van der Waals surface area contributed by atoms with E-state index in [1.807, 2.05) is 48.5 Å². The summed E-state index contributed by atoms with van der Waals surface area (Å²) in [5.41, 5.74) is 2.03. The van der Waals surface area contributed by atoms with Crippen LogP contribution >= 0.6 is 0 Å². The van der Waals surface area contributed by atoms with Crippen LogP contribution in [0.1, 0.15) is 11.1 Å². The summed E-state index contributed by atoms with van der Waals surface area (Å²) in [5.74, 6) is 0.863. The van der Waals surface area contributed by atoms with Crippen LogP contribution < -0.4 is 30.7 Å². The smallest absolute Gasteiger partial charge is 0.325 e. The zero-order valence-corrected chi connectivity index (χ0v) is 18.3. The van der Waals surface area contributed by atoms with E-state index >= 15 is 0 Å². The largest absolute Gasteiger partial charge is 0.493 e. The lowest BCUT2D eigenvalue weighted by Gasteiger charge is -2.43. The summed E-state index contributed by atoms with van der Waals surface area (Å²) in [7, 11) is 3.23. The van der Waals surface area contributed by atoms with Gasteiger partial charge in [-0.3, -0.25) is 25.6 Å². The van der Waals surface area contributed by atoms with Crippen LogP contribution in [0.15, 0.2) is 48.5 Å². The second kappa shape index (κ2) is 9.99. The highest BCUT2D eigenvalue weighted by molar-refractivity contribution is 5.98. The van der Waals surface area contributed by atoms with Crippen molar-refractivity contribution >= 4 is 11.9 Å². The maximum Gasteiger partial charge on any atom is 0.325 e. The van der Waals surface area contributed by atoms with E-state index in [0.29, 0.717) is 24.6 Å². The summed E-state index contributed by atoms with van der Waals surface area (Å²) in [4.78, 5) is 26.8. The molecule has 3 atom stereocenters. The minimum atomic E-state index is -0.415. The molecule has 9 nitrogen and oxygen atoms in total. The van der Waals surface area contributed by atoms with Gasteiger partial charge in [0.1, 0.15) is 6.29 Å². The topological polar surface area (TPSA) is 104 Å². The Balaban J connectivity index is 1.29. The molecule has 0 aromatic heterocycles. The van der Waals surface area contributed by atoms with Gasteiger partial charge >= 0.3 is 6.03 Å². The van der Waals surface area contributed by atoms with Crippen LogP contribution in [0.2, 0.25) is 0 Å². The molecule has 2 heterocycles. The van der Waals surface area contributed by atoms with Gasteiger partial charge in [0.25, 0.3) is 0 Å². The monoisotopic (exact) mass is 439 g/mol. The third-order valence-corrected chi connectivity index (χ3v) is 5.79. The Morgan fingerprint density at radius 3 is 2.56 bits per heavy atom. The van der Waals surface area contributed by atoms with Crippen LogP contribution in [-0.4, -0.2) is 56.6 Å². The van der Waals surface area contributed by atoms with E-state index in [2.05, 4.69) is 21.3 Å². The van der Waals surface area contributed by atoms with E-state index in [1.165, 1.54) is 4.90 Å². The molecule has 2 aliphatic heterocycles. The van der Waals surface area contributed by atoms with Crippen molar-refractivity contribution in [2.24, 2.45) is 5.92 Å². The first-order valence-electron chi connectivity index (χ1n) is 10.7. The van der Waals surface area contributed by atoms with Crippen molar-refractivity contribution in [2.75, 3.05) is 27.3 Å². The molecule has 0 radical (unpaired) electrons. The van der Waals surface area contributed by atoms with Crippen molar-refractivity contribution < 1.29 is 19.1 Å². The Bertz CT molecular complexity index is 955. The van der Waals surface area contributed by atoms with Gasteiger partial charge in [0.05, 0.1) is 32.8 Å². The minimum Gasteiger partial charge on any atom is -0.493 e. The number of benzene rings is 2. The second-order valence-electron chi connectivity index (χ2n) is 7.85. The lowest BCUT2D eigenvalue weighted by molar-refractivity contribution is -0.137. The molecule has 3 unspecified atom stereocenters. The molecule has 4 N–H and O–H groups in total. The first kappa shape index (κ1) is 22.1. The average Bonchev–Trinajstić information content (AvgIpc) is 2.82. The first-order valence-corrected chi connectivity index (χ1v) is 10.7. The summed E-state index contributed by atoms with van der Waals surface area (Å²) < 4.78 is 10.6. The standard InChI is InChI=1S/C23H29N5O4/c1-31-18-9-8-15(12-19(18)32-2)10-11-24-22-25-13-17-20(26-22)27-23(30)28(21(17)29)14-16-6-4-3-5-7-16/h3-9,12,17,20,22,24-26H,10-11,13-14H2,1-2H3,(H,27,30). The maximum atomic E-state index is 12.9. The summed E-state index contributed by atoms with van der Waals surface area (Å²) in [6.07, 6.45) is 0.150. The Labute approximate surface area is 187 Å². The number of ether oxygens (including phenoxy) is 2. The molecule has 170 valence electrons. The number of nitrogens with one attached hydrogen (secondary N) is 4. The van der Waals surface area contributed by atoms with Gasteiger partial charge in [-0.15, -0.1) is 0 Å². The Kier molecular flexibility index (Phi) is 6.89. The van der Waals surface area contributed by atoms with Gasteiger partial charge in [-0.2, -0.15) is 0 Å². The van der Waals surface area contributed by atoms with Crippen molar-refractivity contribution in [1.29, 1.82) is 0 Å². The number of methoxy groups -OCH3 is 2. The number of urea groups is 1. The zero-order chi connectivity index (χ0) is 22.5. The number of rotatable bonds is 8. The number of nitrogens with zero attached hydrogens (tertiary/aromatic N) is 1. The molecule has 4 rings (SSSR count). The summed E-state index contributed by atoms with van der Waals surface area (Å²) in [5, 5.41) is 12.9. The number of carbonyl (C=O) groups excluding carboxylic acids is 2. The lowest BCUT2D eigenvalue weighted by Crippen LogP contribution is -2.74. The molecule has 2 saturated heterocycles. The molecule has 32 heavy (non-hydrogen) atoms. The van der Waals surface area contributed by atoms with Gasteiger partial charge in [-0.05, 0) is 29.7 Å². The molecule has 2 aromatic carbocycles. The van der Waals surface area contributed by atoms with Crippen LogP contribution in [0, 0.1) is 5.92 Å². The Morgan fingerprint density at radius 2 is 1.81 bits per heavy atom. The number of fused-ring (bicyclic) bond motifs is 1. The second-order valence-corrected chi connectivity index (χ2v) is 7.85. The van der Waals surface area contributed by atoms with Crippen molar-refractivity contribution in [3.05, 3.63) is 59.7 Å². The highest BCUT2D eigenvalue weighted by Gasteiger charge is 2.43. The van der Waals surface area contributed by atoms with Crippen molar-refractivity contribution in [3.63, 3.8) is 0 Å². The van der Waals surface area contributed by atoms with Gasteiger partial charge in [0, 0.05) is 13.1 Å². The highest BCUT2D eigenvalue weighted by Crippen LogP contribution is 2.27. The van der Waals surface area contributed by atoms with Gasteiger partial charge in [0.2, 0.25) is 5.91 Å². The molecule has 0 saturated carbocycles. The predicted molar refractivity (Wildman–Crippen MR) is 119 cm³/mol. The van der Waals surface area contributed by atoms with Crippen LogP contribution in [0.4, 0.5) is 4.79 Å². The van der Waals surface area contributed by atoms with Crippen molar-refractivity contribution in [3.8, 4) is 11.5 Å². The van der Waals surface area contributed by atoms with Gasteiger partial charge in [-0.25, -0.2) is 4.79 Å². The number of hydrogen-bond donors (Lipinski definition) is 4. The molecule has 0 aliphatic carbocycles. The third-order valence-electron chi connectivity index (χ3n) is 5.79. The molecule has 0 bridgehead atoms. The molecule has 9 heteroatoms. The Morgan fingerprint density at radius 1 is 1.03 bits per heavy atom. The van der Waals surface area contributed by atoms with Crippen LogP contribution in [-0.2, 0) is 17.8 Å². The quantitative estimate of drug-likeness (QED) is 0.487. The lowest BCUT2D eigenvalue weighted by atomic mass is 9.99. The van der Waals surface area contributed by atoms with E-state index in [1.54, 1.807) is 14.2 Å². The van der Waals surface area contributed by atoms with Crippen LogP contribution in [0.3, 0.4) is 0 Å². The SMILES string of the molecule is COc1ccc(CCNC2NCC3C(=O)N(Cc4ccccc4)C(=O)NC3N2)cc1OC. The third kappa shape index (κ3) is 4.85.